The Bertz CT molecular complexity index is 673. The zero-order chi connectivity index (χ0) is 18.0. The van der Waals surface area contributed by atoms with Crippen molar-refractivity contribution in [1.82, 2.24) is 0 Å². The number of hydrogen-bond donors (Lipinski definition) is 1. The predicted octanol–water partition coefficient (Wildman–Crippen LogP) is 3.79. The average Bonchev–Trinajstić information content (AvgIpc) is 2.82. The monoisotopic (exact) mass is 370 g/mol. The van der Waals surface area contributed by atoms with E-state index in [1.54, 1.807) is 0 Å². The number of hydrogen-bond acceptors (Lipinski definition) is 4. The van der Waals surface area contributed by atoms with Gasteiger partial charge in [0.1, 0.15) is 5.78 Å². The van der Waals surface area contributed by atoms with Crippen LogP contribution in [-0.4, -0.2) is 24.9 Å². The summed E-state index contributed by atoms with van der Waals surface area (Å²) in [5.74, 6) is 2.76. The number of carbonyl (C=O) groups is 1. The first-order valence-electron chi connectivity index (χ1n) is 9.82. The van der Waals surface area contributed by atoms with E-state index in [1.807, 2.05) is 0 Å². The van der Waals surface area contributed by atoms with Crippen LogP contribution in [0.2, 0.25) is 0 Å². The molecule has 0 aliphatic heterocycles. The molecule has 0 aromatic heterocycles. The van der Waals surface area contributed by atoms with Crippen molar-refractivity contribution < 1.29 is 21.9 Å². The number of fused-ring (bicyclic) bond motifs is 5. The van der Waals surface area contributed by atoms with E-state index in [1.165, 1.54) is 0 Å². The summed E-state index contributed by atoms with van der Waals surface area (Å²) in [5, 5.41) is 0. The summed E-state index contributed by atoms with van der Waals surface area (Å²) in [6.07, 6.45) is 8.19. The van der Waals surface area contributed by atoms with Gasteiger partial charge in [0.05, 0.1) is 6.10 Å². The fourth-order valence-corrected chi connectivity index (χ4v) is 7.77. The van der Waals surface area contributed by atoms with Crippen molar-refractivity contribution in [2.24, 2.45) is 34.5 Å². The minimum Gasteiger partial charge on any atom is -0.299 e. The maximum Gasteiger partial charge on any atom is 0.397 e. The third kappa shape index (κ3) is 2.79. The van der Waals surface area contributed by atoms with Gasteiger partial charge in [-0.25, -0.2) is 4.18 Å². The van der Waals surface area contributed by atoms with E-state index in [9.17, 15) is 13.2 Å². The SMILES string of the molecule is CC12CCC3C(CC[C@H]4C[C@H](OS(=O)(=O)O)CCC34C)C1CCC2=O. The third-order valence-corrected chi connectivity index (χ3v) is 9.10. The minimum absolute atomic E-state index is 0.0877. The zero-order valence-electron chi connectivity index (χ0n) is 15.2. The molecule has 4 aliphatic carbocycles. The molecule has 0 saturated heterocycles. The van der Waals surface area contributed by atoms with Gasteiger partial charge in [0.2, 0.25) is 0 Å². The van der Waals surface area contributed by atoms with Crippen LogP contribution in [0.15, 0.2) is 0 Å². The molecule has 4 fully saturated rings. The van der Waals surface area contributed by atoms with E-state index in [0.29, 0.717) is 35.9 Å². The molecule has 4 aliphatic rings. The van der Waals surface area contributed by atoms with Crippen LogP contribution in [0.5, 0.6) is 0 Å². The first kappa shape index (κ1) is 17.9. The van der Waals surface area contributed by atoms with Gasteiger partial charge in [-0.05, 0) is 80.5 Å². The summed E-state index contributed by atoms with van der Waals surface area (Å²) in [6, 6.07) is 0. The molecule has 0 spiro atoms. The predicted molar refractivity (Wildman–Crippen MR) is 93.2 cm³/mol. The second-order valence-electron chi connectivity index (χ2n) is 9.50. The third-order valence-electron chi connectivity index (χ3n) is 8.58. The highest BCUT2D eigenvalue weighted by molar-refractivity contribution is 7.80. The summed E-state index contributed by atoms with van der Waals surface area (Å²) in [6.45, 7) is 4.59. The largest absolute Gasteiger partial charge is 0.397 e. The topological polar surface area (TPSA) is 80.7 Å². The Morgan fingerprint density at radius 1 is 1.04 bits per heavy atom. The van der Waals surface area contributed by atoms with Crippen molar-refractivity contribution in [3.63, 3.8) is 0 Å². The van der Waals surface area contributed by atoms with Crippen molar-refractivity contribution in [2.45, 2.75) is 77.7 Å². The van der Waals surface area contributed by atoms with Crippen molar-refractivity contribution >= 4 is 16.2 Å². The maximum atomic E-state index is 12.4. The van der Waals surface area contributed by atoms with Gasteiger partial charge in [-0.15, -0.1) is 0 Å². The lowest BCUT2D eigenvalue weighted by molar-refractivity contribution is -0.141. The Hall–Kier alpha value is -0.460. The average molecular weight is 371 g/mol. The summed E-state index contributed by atoms with van der Waals surface area (Å²) in [4.78, 5) is 12.4. The molecule has 4 rings (SSSR count). The number of carbonyl (C=O) groups excluding carboxylic acids is 1. The Labute approximate surface area is 150 Å². The zero-order valence-corrected chi connectivity index (χ0v) is 16.1. The normalized spacial score (nSPS) is 50.0. The first-order valence-corrected chi connectivity index (χ1v) is 11.2. The molecule has 0 aromatic carbocycles. The Kier molecular flexibility index (Phi) is 4.14. The highest BCUT2D eigenvalue weighted by atomic mass is 32.3. The fourth-order valence-electron chi connectivity index (χ4n) is 7.25. The van der Waals surface area contributed by atoms with Crippen LogP contribution >= 0.6 is 0 Å². The summed E-state index contributed by atoms with van der Waals surface area (Å²) >= 11 is 0. The molecule has 25 heavy (non-hydrogen) atoms. The van der Waals surface area contributed by atoms with Gasteiger partial charge >= 0.3 is 10.4 Å². The second kappa shape index (κ2) is 5.77. The molecule has 7 atom stereocenters. The van der Waals surface area contributed by atoms with Gasteiger partial charge in [0.15, 0.2) is 0 Å². The Morgan fingerprint density at radius 2 is 1.80 bits per heavy atom. The Balaban J connectivity index is 1.54. The lowest BCUT2D eigenvalue weighted by atomic mass is 9.45. The lowest BCUT2D eigenvalue weighted by Gasteiger charge is -2.60. The summed E-state index contributed by atoms with van der Waals surface area (Å²) < 4.78 is 36.0. The van der Waals surface area contributed by atoms with Crippen LogP contribution in [0.3, 0.4) is 0 Å². The van der Waals surface area contributed by atoms with Crippen molar-refractivity contribution in [1.29, 1.82) is 0 Å². The highest BCUT2D eigenvalue weighted by Gasteiger charge is 2.60. The minimum atomic E-state index is -4.37. The smallest absolute Gasteiger partial charge is 0.299 e. The van der Waals surface area contributed by atoms with E-state index in [-0.39, 0.29) is 16.9 Å². The van der Waals surface area contributed by atoms with E-state index >= 15 is 0 Å². The van der Waals surface area contributed by atoms with E-state index < -0.39 is 10.4 Å². The molecule has 5 unspecified atom stereocenters. The number of Topliss-reactive ketones (excluding diaryl/α,β-unsaturated/α-hetero) is 1. The van der Waals surface area contributed by atoms with Crippen LogP contribution in [-0.2, 0) is 19.4 Å². The molecule has 0 aromatic rings. The molecular formula is C19H30O5S. The van der Waals surface area contributed by atoms with Gasteiger partial charge in [0, 0.05) is 11.8 Å². The standard InChI is InChI=1S/C19H30O5S/c1-18-9-7-13(24-25(21,22)23)11-12(18)3-4-14-15-5-6-17(20)19(15,2)10-8-16(14)18/h12-16H,3-11H2,1-2H3,(H,21,22,23)/t12-,13+,14?,15?,16?,18?,19?/m0/s1. The molecule has 142 valence electrons. The summed E-state index contributed by atoms with van der Waals surface area (Å²) in [5.41, 5.74) is 0.130. The number of ketones is 1. The molecule has 0 bridgehead atoms. The highest BCUT2D eigenvalue weighted by Crippen LogP contribution is 2.65. The number of rotatable bonds is 2. The van der Waals surface area contributed by atoms with Crippen molar-refractivity contribution in [3.05, 3.63) is 0 Å². The first-order chi connectivity index (χ1) is 11.6. The van der Waals surface area contributed by atoms with Crippen LogP contribution in [0.4, 0.5) is 0 Å². The van der Waals surface area contributed by atoms with E-state index in [0.717, 1.165) is 51.4 Å². The van der Waals surface area contributed by atoms with Gasteiger partial charge in [-0.1, -0.05) is 13.8 Å². The van der Waals surface area contributed by atoms with E-state index in [4.69, 9.17) is 8.74 Å². The molecule has 6 heteroatoms. The van der Waals surface area contributed by atoms with Gasteiger partial charge in [-0.3, -0.25) is 9.35 Å². The second-order valence-corrected chi connectivity index (χ2v) is 10.5. The molecule has 1 N–H and O–H groups in total. The molecule has 0 amide bonds. The maximum absolute atomic E-state index is 12.4. The molecular weight excluding hydrogens is 340 g/mol. The van der Waals surface area contributed by atoms with Crippen molar-refractivity contribution in [2.75, 3.05) is 0 Å². The van der Waals surface area contributed by atoms with E-state index in [2.05, 4.69) is 13.8 Å². The molecule has 4 saturated carbocycles. The molecule has 0 radical (unpaired) electrons. The Morgan fingerprint density at radius 3 is 2.52 bits per heavy atom. The van der Waals surface area contributed by atoms with Gasteiger partial charge in [0.25, 0.3) is 0 Å². The molecule has 5 nitrogen and oxygen atoms in total. The van der Waals surface area contributed by atoms with Crippen LogP contribution in [0.25, 0.3) is 0 Å². The van der Waals surface area contributed by atoms with Crippen LogP contribution in [0, 0.1) is 34.5 Å². The summed E-state index contributed by atoms with van der Waals surface area (Å²) in [7, 11) is -4.37. The molecule has 0 heterocycles. The fraction of sp³-hybridized carbons (Fsp3) is 0.947. The van der Waals surface area contributed by atoms with Crippen LogP contribution < -0.4 is 0 Å². The van der Waals surface area contributed by atoms with Crippen LogP contribution in [0.1, 0.15) is 71.6 Å². The quantitative estimate of drug-likeness (QED) is 0.748. The lowest BCUT2D eigenvalue weighted by Crippen LogP contribution is -2.54. The van der Waals surface area contributed by atoms with Gasteiger partial charge < -0.3 is 0 Å². The van der Waals surface area contributed by atoms with Crippen molar-refractivity contribution in [3.8, 4) is 0 Å². The van der Waals surface area contributed by atoms with Gasteiger partial charge in [-0.2, -0.15) is 8.42 Å².